The number of thioether (sulfide) groups is 1. The molecule has 0 aliphatic carbocycles. The van der Waals surface area contributed by atoms with E-state index in [9.17, 15) is 14.4 Å². The Kier molecular flexibility index (Phi) is 9.27. The van der Waals surface area contributed by atoms with Gasteiger partial charge in [-0.05, 0) is 33.6 Å². The predicted octanol–water partition coefficient (Wildman–Crippen LogP) is 3.58. The van der Waals surface area contributed by atoms with E-state index in [2.05, 4.69) is 5.32 Å². The topological polar surface area (TPSA) is 72.5 Å². The Balaban J connectivity index is 2.06. The summed E-state index contributed by atoms with van der Waals surface area (Å²) in [6.07, 6.45) is 1.97. The summed E-state index contributed by atoms with van der Waals surface area (Å²) in [4.78, 5) is 35.1. The monoisotopic (exact) mass is 365 g/mol. The molecule has 1 aromatic carbocycles. The van der Waals surface area contributed by atoms with Crippen LogP contribution in [0.3, 0.4) is 0 Å². The normalized spacial score (nSPS) is 11.0. The van der Waals surface area contributed by atoms with Gasteiger partial charge in [-0.1, -0.05) is 42.1 Å². The van der Waals surface area contributed by atoms with Crippen LogP contribution in [-0.4, -0.2) is 34.9 Å². The number of rotatable bonds is 9. The zero-order valence-electron chi connectivity index (χ0n) is 15.2. The Morgan fingerprint density at radius 1 is 1.04 bits per heavy atom. The molecule has 0 spiro atoms. The Bertz CT molecular complexity index is 567. The zero-order valence-corrected chi connectivity index (χ0v) is 16.0. The van der Waals surface area contributed by atoms with Crippen LogP contribution in [0.25, 0.3) is 0 Å². The largest absolute Gasteiger partial charge is 0.460 e. The minimum Gasteiger partial charge on any atom is -0.460 e. The molecule has 138 valence electrons. The van der Waals surface area contributed by atoms with Gasteiger partial charge in [-0.2, -0.15) is 0 Å². The van der Waals surface area contributed by atoms with Crippen molar-refractivity contribution < 1.29 is 19.1 Å². The molecular weight excluding hydrogens is 338 g/mol. The Hall–Kier alpha value is -1.82. The number of benzene rings is 1. The van der Waals surface area contributed by atoms with Gasteiger partial charge in [0.15, 0.2) is 0 Å². The summed E-state index contributed by atoms with van der Waals surface area (Å²) in [6.45, 7) is 5.95. The predicted molar refractivity (Wildman–Crippen MR) is 101 cm³/mol. The Labute approximate surface area is 153 Å². The van der Waals surface area contributed by atoms with E-state index in [4.69, 9.17) is 4.74 Å². The first-order valence-corrected chi connectivity index (χ1v) is 9.47. The average molecular weight is 365 g/mol. The number of hydrogen-bond donors (Lipinski definition) is 1. The third-order valence-corrected chi connectivity index (χ3v) is 4.03. The number of carbonyl (C=O) groups excluding carboxylic acids is 3. The van der Waals surface area contributed by atoms with E-state index < -0.39 is 5.60 Å². The minimum atomic E-state index is -0.469. The van der Waals surface area contributed by atoms with Crippen molar-refractivity contribution in [2.24, 2.45) is 0 Å². The van der Waals surface area contributed by atoms with Gasteiger partial charge in [0.25, 0.3) is 0 Å². The molecule has 25 heavy (non-hydrogen) atoms. The molecule has 0 atom stereocenters. The lowest BCUT2D eigenvalue weighted by molar-refractivity contribution is -0.155. The highest BCUT2D eigenvalue weighted by atomic mass is 32.2. The molecule has 1 amide bonds. The smallest absolute Gasteiger partial charge is 0.306 e. The second-order valence-electron chi connectivity index (χ2n) is 6.65. The minimum absolute atomic E-state index is 0.00668. The first kappa shape index (κ1) is 21.2. The van der Waals surface area contributed by atoms with Gasteiger partial charge in [-0.3, -0.25) is 14.4 Å². The molecule has 0 aliphatic rings. The first-order valence-electron chi connectivity index (χ1n) is 8.48. The van der Waals surface area contributed by atoms with Crippen LogP contribution >= 0.6 is 11.8 Å². The van der Waals surface area contributed by atoms with Crippen LogP contribution in [0.15, 0.2) is 30.3 Å². The summed E-state index contributed by atoms with van der Waals surface area (Å²) in [5, 5.41) is 2.79. The standard InChI is InChI=1S/C19H27NO4S/c1-19(2,3)24-17(22)12-8-7-11-16(21)20-13-14-25-18(23)15-9-5-4-6-10-15/h4-6,9-10H,7-8,11-14H2,1-3H3,(H,20,21). The van der Waals surface area contributed by atoms with E-state index in [0.29, 0.717) is 43.5 Å². The number of esters is 1. The molecule has 0 heterocycles. The molecule has 0 unspecified atom stereocenters. The highest BCUT2D eigenvalue weighted by Crippen LogP contribution is 2.12. The summed E-state index contributed by atoms with van der Waals surface area (Å²) >= 11 is 1.19. The van der Waals surface area contributed by atoms with Crippen molar-refractivity contribution in [1.29, 1.82) is 0 Å². The van der Waals surface area contributed by atoms with Gasteiger partial charge < -0.3 is 10.1 Å². The lowest BCUT2D eigenvalue weighted by Crippen LogP contribution is -2.26. The van der Waals surface area contributed by atoms with Crippen LogP contribution in [0.1, 0.15) is 56.8 Å². The van der Waals surface area contributed by atoms with Crippen molar-refractivity contribution in [3.8, 4) is 0 Å². The molecule has 6 heteroatoms. The van der Waals surface area contributed by atoms with Gasteiger partial charge in [0, 0.05) is 30.7 Å². The summed E-state index contributed by atoms with van der Waals surface area (Å²) < 4.78 is 5.21. The van der Waals surface area contributed by atoms with Gasteiger partial charge in [0.2, 0.25) is 11.0 Å². The van der Waals surface area contributed by atoms with E-state index >= 15 is 0 Å². The highest BCUT2D eigenvalue weighted by Gasteiger charge is 2.15. The maximum Gasteiger partial charge on any atom is 0.306 e. The van der Waals surface area contributed by atoms with Gasteiger partial charge in [-0.15, -0.1) is 0 Å². The molecule has 0 radical (unpaired) electrons. The fourth-order valence-corrected chi connectivity index (χ4v) is 2.72. The van der Waals surface area contributed by atoms with Crippen molar-refractivity contribution in [3.63, 3.8) is 0 Å². The summed E-state index contributed by atoms with van der Waals surface area (Å²) in [7, 11) is 0. The van der Waals surface area contributed by atoms with Gasteiger partial charge in [0.1, 0.15) is 5.60 Å². The number of ether oxygens (including phenoxy) is 1. The van der Waals surface area contributed by atoms with Crippen LogP contribution in [-0.2, 0) is 14.3 Å². The van der Waals surface area contributed by atoms with Gasteiger partial charge >= 0.3 is 5.97 Å². The molecule has 0 fully saturated rings. The van der Waals surface area contributed by atoms with E-state index in [1.54, 1.807) is 12.1 Å². The van der Waals surface area contributed by atoms with Crippen LogP contribution < -0.4 is 5.32 Å². The lowest BCUT2D eigenvalue weighted by atomic mass is 10.1. The van der Waals surface area contributed by atoms with Crippen molar-refractivity contribution in [2.75, 3.05) is 12.3 Å². The van der Waals surface area contributed by atoms with Crippen LogP contribution in [0.5, 0.6) is 0 Å². The fraction of sp³-hybridized carbons (Fsp3) is 0.526. The van der Waals surface area contributed by atoms with E-state index in [-0.39, 0.29) is 17.0 Å². The fourth-order valence-electron chi connectivity index (χ4n) is 2.03. The molecule has 0 saturated carbocycles. The lowest BCUT2D eigenvalue weighted by Gasteiger charge is -2.19. The van der Waals surface area contributed by atoms with E-state index in [1.165, 1.54) is 11.8 Å². The van der Waals surface area contributed by atoms with Crippen LogP contribution in [0, 0.1) is 0 Å². The molecule has 1 N–H and O–H groups in total. The van der Waals surface area contributed by atoms with E-state index in [0.717, 1.165) is 0 Å². The Morgan fingerprint density at radius 3 is 2.32 bits per heavy atom. The molecule has 0 bridgehead atoms. The second kappa shape index (κ2) is 10.9. The van der Waals surface area contributed by atoms with Crippen LogP contribution in [0.4, 0.5) is 0 Å². The van der Waals surface area contributed by atoms with Crippen molar-refractivity contribution >= 4 is 28.8 Å². The second-order valence-corrected chi connectivity index (χ2v) is 7.71. The van der Waals surface area contributed by atoms with Crippen molar-refractivity contribution in [3.05, 3.63) is 35.9 Å². The van der Waals surface area contributed by atoms with Gasteiger partial charge in [-0.25, -0.2) is 0 Å². The summed E-state index contributed by atoms with van der Waals surface area (Å²) in [5.41, 5.74) is 0.199. The number of carbonyl (C=O) groups is 3. The molecular formula is C19H27NO4S. The molecule has 0 saturated heterocycles. The van der Waals surface area contributed by atoms with Gasteiger partial charge in [0.05, 0.1) is 0 Å². The molecule has 1 aromatic rings. The SMILES string of the molecule is CC(C)(C)OC(=O)CCCCC(=O)NCCSC(=O)c1ccccc1. The highest BCUT2D eigenvalue weighted by molar-refractivity contribution is 8.14. The molecule has 0 aromatic heterocycles. The summed E-state index contributed by atoms with van der Waals surface area (Å²) in [6, 6.07) is 9.07. The maximum atomic E-state index is 11.9. The zero-order chi connectivity index (χ0) is 18.7. The average Bonchev–Trinajstić information content (AvgIpc) is 2.54. The molecule has 1 rings (SSSR count). The maximum absolute atomic E-state index is 11.9. The number of nitrogens with one attached hydrogen (secondary N) is 1. The van der Waals surface area contributed by atoms with Crippen molar-refractivity contribution in [2.45, 2.75) is 52.1 Å². The van der Waals surface area contributed by atoms with E-state index in [1.807, 2.05) is 39.0 Å². The third kappa shape index (κ3) is 10.6. The third-order valence-electron chi connectivity index (χ3n) is 3.12. The number of unbranched alkanes of at least 4 members (excludes halogenated alkanes) is 1. The Morgan fingerprint density at radius 2 is 1.68 bits per heavy atom. The molecule has 0 aliphatic heterocycles. The number of hydrogen-bond acceptors (Lipinski definition) is 5. The first-order chi connectivity index (χ1) is 11.8. The number of amides is 1. The quantitative estimate of drug-likeness (QED) is 0.535. The molecule has 5 nitrogen and oxygen atoms in total. The van der Waals surface area contributed by atoms with Crippen molar-refractivity contribution in [1.82, 2.24) is 5.32 Å². The van der Waals surface area contributed by atoms with Crippen LogP contribution in [0.2, 0.25) is 0 Å². The summed E-state index contributed by atoms with van der Waals surface area (Å²) in [5.74, 6) is 0.248.